The Morgan fingerprint density at radius 3 is 2.59 bits per heavy atom. The minimum Gasteiger partial charge on any atom is -0.347 e. The third kappa shape index (κ3) is 5.09. The van der Waals surface area contributed by atoms with E-state index in [2.05, 4.69) is 16.8 Å². The van der Waals surface area contributed by atoms with E-state index < -0.39 is 0 Å². The predicted octanol–water partition coefficient (Wildman–Crippen LogP) is 3.79. The standard InChI is InChI=1S/C25H34FN5O/c1-18-10-13-30(14-11-18)17-23(32)31-12-6-7-19(16-31)24-21(15-27-25(28-24)29(2)3)20-8-4-5-9-22(20)26/h4-5,8-9,15,18-19H,6-7,10-14,16-17H2,1-3H3/t19-/m0/s1. The Balaban J connectivity index is 1.56. The molecule has 1 aromatic heterocycles. The number of carbonyl (C=O) groups excluding carboxylic acids is 1. The van der Waals surface area contributed by atoms with Gasteiger partial charge in [-0.15, -0.1) is 0 Å². The van der Waals surface area contributed by atoms with Crippen LogP contribution in [0.1, 0.15) is 44.2 Å². The summed E-state index contributed by atoms with van der Waals surface area (Å²) < 4.78 is 14.6. The molecule has 1 aromatic carbocycles. The van der Waals surface area contributed by atoms with E-state index >= 15 is 0 Å². The number of hydrogen-bond acceptors (Lipinski definition) is 5. The lowest BCUT2D eigenvalue weighted by Crippen LogP contribution is -2.46. The Hall–Kier alpha value is -2.54. The van der Waals surface area contributed by atoms with Gasteiger partial charge in [-0.2, -0.15) is 0 Å². The summed E-state index contributed by atoms with van der Waals surface area (Å²) in [5.41, 5.74) is 2.06. The lowest BCUT2D eigenvalue weighted by Gasteiger charge is -2.36. The maximum Gasteiger partial charge on any atom is 0.236 e. The second-order valence-electron chi connectivity index (χ2n) is 9.48. The number of carbonyl (C=O) groups is 1. The van der Waals surface area contributed by atoms with E-state index in [0.717, 1.165) is 62.5 Å². The molecule has 2 aliphatic heterocycles. The molecule has 0 aliphatic carbocycles. The van der Waals surface area contributed by atoms with Crippen molar-refractivity contribution in [2.24, 2.45) is 5.92 Å². The molecule has 1 atom stereocenters. The number of piperidine rings is 2. The van der Waals surface area contributed by atoms with Gasteiger partial charge in [-0.25, -0.2) is 14.4 Å². The summed E-state index contributed by atoms with van der Waals surface area (Å²) in [6.45, 7) is 6.17. The first kappa shape index (κ1) is 22.6. The third-order valence-corrected chi connectivity index (χ3v) is 6.77. The summed E-state index contributed by atoms with van der Waals surface area (Å²) in [4.78, 5) is 28.5. The van der Waals surface area contributed by atoms with Crippen molar-refractivity contribution in [2.45, 2.75) is 38.5 Å². The van der Waals surface area contributed by atoms with E-state index in [1.165, 1.54) is 6.07 Å². The van der Waals surface area contributed by atoms with Crippen LogP contribution in [0.25, 0.3) is 11.1 Å². The van der Waals surface area contributed by atoms with E-state index in [4.69, 9.17) is 4.98 Å². The molecule has 0 saturated carbocycles. The van der Waals surface area contributed by atoms with Crippen molar-refractivity contribution in [3.05, 3.63) is 42.0 Å². The number of benzene rings is 1. The molecule has 0 radical (unpaired) electrons. The van der Waals surface area contributed by atoms with E-state index in [-0.39, 0.29) is 17.6 Å². The first-order valence-corrected chi connectivity index (χ1v) is 11.7. The molecule has 0 spiro atoms. The van der Waals surface area contributed by atoms with Crippen molar-refractivity contribution < 1.29 is 9.18 Å². The zero-order valence-corrected chi connectivity index (χ0v) is 19.4. The van der Waals surface area contributed by atoms with Gasteiger partial charge < -0.3 is 9.80 Å². The summed E-state index contributed by atoms with van der Waals surface area (Å²) in [7, 11) is 3.80. The second kappa shape index (κ2) is 9.94. The summed E-state index contributed by atoms with van der Waals surface area (Å²) in [6.07, 6.45) is 5.90. The van der Waals surface area contributed by atoms with Gasteiger partial charge in [-0.3, -0.25) is 9.69 Å². The molecule has 2 saturated heterocycles. The second-order valence-corrected chi connectivity index (χ2v) is 9.48. The monoisotopic (exact) mass is 439 g/mol. The predicted molar refractivity (Wildman–Crippen MR) is 125 cm³/mol. The molecule has 0 N–H and O–H groups in total. The van der Waals surface area contributed by atoms with Gasteiger partial charge in [0.1, 0.15) is 5.82 Å². The number of likely N-dealkylation sites (tertiary alicyclic amines) is 2. The van der Waals surface area contributed by atoms with E-state index in [1.54, 1.807) is 18.3 Å². The zero-order chi connectivity index (χ0) is 22.7. The average Bonchev–Trinajstić information content (AvgIpc) is 2.80. The Morgan fingerprint density at radius 2 is 1.88 bits per heavy atom. The number of hydrogen-bond donors (Lipinski definition) is 0. The van der Waals surface area contributed by atoms with Crippen LogP contribution in [0.15, 0.2) is 30.5 Å². The number of halogens is 1. The first-order valence-electron chi connectivity index (χ1n) is 11.7. The van der Waals surface area contributed by atoms with Crippen LogP contribution in [0.2, 0.25) is 0 Å². The Labute approximate surface area is 190 Å². The Morgan fingerprint density at radius 1 is 1.12 bits per heavy atom. The molecule has 3 heterocycles. The largest absolute Gasteiger partial charge is 0.347 e. The first-order chi connectivity index (χ1) is 15.4. The lowest BCUT2D eigenvalue weighted by atomic mass is 9.89. The van der Waals surface area contributed by atoms with E-state index in [9.17, 15) is 9.18 Å². The maximum absolute atomic E-state index is 14.6. The molecular formula is C25H34FN5O. The number of aromatic nitrogens is 2. The van der Waals surface area contributed by atoms with Crippen molar-refractivity contribution in [1.82, 2.24) is 19.8 Å². The van der Waals surface area contributed by atoms with Crippen molar-refractivity contribution in [3.8, 4) is 11.1 Å². The van der Waals surface area contributed by atoms with Gasteiger partial charge in [0.15, 0.2) is 0 Å². The Bertz CT molecular complexity index is 942. The topological polar surface area (TPSA) is 52.6 Å². The summed E-state index contributed by atoms with van der Waals surface area (Å²) in [6, 6.07) is 6.76. The van der Waals surface area contributed by atoms with Crippen LogP contribution < -0.4 is 4.90 Å². The van der Waals surface area contributed by atoms with Crippen LogP contribution in [0.4, 0.5) is 10.3 Å². The maximum atomic E-state index is 14.6. The van der Waals surface area contributed by atoms with Crippen LogP contribution in [0.5, 0.6) is 0 Å². The van der Waals surface area contributed by atoms with Crippen molar-refractivity contribution in [1.29, 1.82) is 0 Å². The zero-order valence-electron chi connectivity index (χ0n) is 19.4. The van der Waals surface area contributed by atoms with Gasteiger partial charge in [-0.1, -0.05) is 25.1 Å². The number of amides is 1. The van der Waals surface area contributed by atoms with Gasteiger partial charge in [0.25, 0.3) is 0 Å². The fraction of sp³-hybridized carbons (Fsp3) is 0.560. The molecule has 4 rings (SSSR count). The van der Waals surface area contributed by atoms with Gasteiger partial charge in [0.2, 0.25) is 11.9 Å². The molecule has 172 valence electrons. The van der Waals surface area contributed by atoms with Gasteiger partial charge in [-0.05, 0) is 50.8 Å². The van der Waals surface area contributed by atoms with Crippen LogP contribution in [0, 0.1) is 11.7 Å². The SMILES string of the molecule is CC1CCN(CC(=O)N2CCC[C@H](c3nc(N(C)C)ncc3-c3ccccc3F)C2)CC1. The minimum absolute atomic E-state index is 0.0605. The fourth-order valence-electron chi connectivity index (χ4n) is 4.74. The highest BCUT2D eigenvalue weighted by molar-refractivity contribution is 5.78. The number of rotatable bonds is 5. The summed E-state index contributed by atoms with van der Waals surface area (Å²) in [5.74, 6) is 1.33. The molecule has 32 heavy (non-hydrogen) atoms. The van der Waals surface area contributed by atoms with E-state index in [1.807, 2.05) is 30.0 Å². The summed E-state index contributed by atoms with van der Waals surface area (Å²) >= 11 is 0. The Kier molecular flexibility index (Phi) is 7.04. The molecule has 2 aromatic rings. The van der Waals surface area contributed by atoms with Crippen LogP contribution in [0.3, 0.4) is 0 Å². The third-order valence-electron chi connectivity index (χ3n) is 6.77. The van der Waals surface area contributed by atoms with Crippen molar-refractivity contribution >= 4 is 11.9 Å². The highest BCUT2D eigenvalue weighted by atomic mass is 19.1. The molecule has 0 unspecified atom stereocenters. The molecular weight excluding hydrogens is 405 g/mol. The normalized spacial score (nSPS) is 20.4. The molecule has 7 heteroatoms. The van der Waals surface area contributed by atoms with Gasteiger partial charge in [0.05, 0.1) is 12.2 Å². The highest BCUT2D eigenvalue weighted by Crippen LogP contribution is 2.35. The number of anilines is 1. The van der Waals surface area contributed by atoms with Crippen molar-refractivity contribution in [3.63, 3.8) is 0 Å². The van der Waals surface area contributed by atoms with Crippen molar-refractivity contribution in [2.75, 3.05) is 51.7 Å². The quantitative estimate of drug-likeness (QED) is 0.710. The van der Waals surface area contributed by atoms with Crippen LogP contribution in [-0.4, -0.2) is 72.5 Å². The van der Waals surface area contributed by atoms with Gasteiger partial charge >= 0.3 is 0 Å². The van der Waals surface area contributed by atoms with Crippen LogP contribution in [-0.2, 0) is 4.79 Å². The molecule has 0 bridgehead atoms. The van der Waals surface area contributed by atoms with Crippen LogP contribution >= 0.6 is 0 Å². The average molecular weight is 440 g/mol. The smallest absolute Gasteiger partial charge is 0.236 e. The molecule has 6 nitrogen and oxygen atoms in total. The lowest BCUT2D eigenvalue weighted by molar-refractivity contribution is -0.134. The molecule has 1 amide bonds. The summed E-state index contributed by atoms with van der Waals surface area (Å²) in [5, 5.41) is 0. The molecule has 2 fully saturated rings. The fourth-order valence-corrected chi connectivity index (χ4v) is 4.74. The molecule has 2 aliphatic rings. The highest BCUT2D eigenvalue weighted by Gasteiger charge is 2.30. The number of nitrogens with zero attached hydrogens (tertiary/aromatic N) is 5. The van der Waals surface area contributed by atoms with E-state index in [0.29, 0.717) is 24.6 Å². The van der Waals surface area contributed by atoms with Gasteiger partial charge in [0, 0.05) is 50.4 Å². The minimum atomic E-state index is -0.280.